The van der Waals surface area contributed by atoms with Gasteiger partial charge in [0.2, 0.25) is 0 Å². The summed E-state index contributed by atoms with van der Waals surface area (Å²) in [4.78, 5) is 12.9. The third kappa shape index (κ3) is 2.02. The number of carboxylic acid groups (broad SMARTS) is 1. The monoisotopic (exact) mass is 221 g/mol. The van der Waals surface area contributed by atoms with Crippen LogP contribution in [0.25, 0.3) is 0 Å². The summed E-state index contributed by atoms with van der Waals surface area (Å²) in [7, 11) is 1.91. The summed E-state index contributed by atoms with van der Waals surface area (Å²) in [5, 5.41) is 18.4. The lowest BCUT2D eigenvalue weighted by Crippen LogP contribution is -2.20. The van der Waals surface area contributed by atoms with E-state index in [0.717, 1.165) is 5.56 Å². The molecule has 2 unspecified atom stereocenters. The second-order valence-corrected chi connectivity index (χ2v) is 4.32. The van der Waals surface area contributed by atoms with E-state index in [-0.39, 0.29) is 17.7 Å². The zero-order valence-corrected chi connectivity index (χ0v) is 9.13. The van der Waals surface area contributed by atoms with Crippen molar-refractivity contribution in [1.29, 1.82) is 0 Å². The third-order valence-corrected chi connectivity index (χ3v) is 3.15. The van der Waals surface area contributed by atoms with Crippen LogP contribution >= 0.6 is 0 Å². The summed E-state index contributed by atoms with van der Waals surface area (Å²) < 4.78 is 0. The Balaban J connectivity index is 2.19. The van der Waals surface area contributed by atoms with Crippen LogP contribution in [-0.2, 0) is 4.79 Å². The molecule has 1 saturated heterocycles. The van der Waals surface area contributed by atoms with Gasteiger partial charge >= 0.3 is 5.97 Å². The van der Waals surface area contributed by atoms with Crippen LogP contribution in [0, 0.1) is 5.92 Å². The van der Waals surface area contributed by atoms with Crippen molar-refractivity contribution in [2.75, 3.05) is 13.6 Å². The molecule has 86 valence electrons. The van der Waals surface area contributed by atoms with E-state index < -0.39 is 5.97 Å². The van der Waals surface area contributed by atoms with Gasteiger partial charge in [-0.25, -0.2) is 0 Å². The maximum absolute atomic E-state index is 10.9. The summed E-state index contributed by atoms with van der Waals surface area (Å²) in [5.74, 6) is -0.823. The van der Waals surface area contributed by atoms with Crippen LogP contribution in [0.1, 0.15) is 18.0 Å². The minimum absolute atomic E-state index is 0.0909. The van der Waals surface area contributed by atoms with E-state index in [1.54, 1.807) is 18.2 Å². The fraction of sp³-hybridized carbons (Fsp3) is 0.417. The highest BCUT2D eigenvalue weighted by molar-refractivity contribution is 5.70. The average molecular weight is 221 g/mol. The molecule has 1 fully saturated rings. The van der Waals surface area contributed by atoms with Crippen molar-refractivity contribution in [2.24, 2.45) is 5.92 Å². The quantitative estimate of drug-likeness (QED) is 0.794. The van der Waals surface area contributed by atoms with E-state index in [1.165, 1.54) is 0 Å². The Labute approximate surface area is 94.1 Å². The Morgan fingerprint density at radius 2 is 2.25 bits per heavy atom. The molecule has 4 nitrogen and oxygen atoms in total. The molecular weight excluding hydrogens is 206 g/mol. The van der Waals surface area contributed by atoms with Gasteiger partial charge < -0.3 is 10.2 Å². The molecule has 16 heavy (non-hydrogen) atoms. The van der Waals surface area contributed by atoms with Crippen molar-refractivity contribution in [3.63, 3.8) is 0 Å². The van der Waals surface area contributed by atoms with E-state index in [0.29, 0.717) is 13.0 Å². The number of hydrogen-bond acceptors (Lipinski definition) is 3. The van der Waals surface area contributed by atoms with E-state index in [1.807, 2.05) is 18.0 Å². The predicted molar refractivity (Wildman–Crippen MR) is 59.2 cm³/mol. The number of aliphatic carboxylic acids is 1. The van der Waals surface area contributed by atoms with Crippen molar-refractivity contribution in [1.82, 2.24) is 4.90 Å². The number of benzene rings is 1. The van der Waals surface area contributed by atoms with Crippen LogP contribution in [0.15, 0.2) is 24.3 Å². The Morgan fingerprint density at radius 1 is 1.50 bits per heavy atom. The number of likely N-dealkylation sites (tertiary alicyclic amines) is 1. The van der Waals surface area contributed by atoms with E-state index in [4.69, 9.17) is 5.11 Å². The second-order valence-electron chi connectivity index (χ2n) is 4.32. The summed E-state index contributed by atoms with van der Waals surface area (Å²) in [6.45, 7) is 0.565. The smallest absolute Gasteiger partial charge is 0.307 e. The van der Waals surface area contributed by atoms with E-state index >= 15 is 0 Å². The summed E-state index contributed by atoms with van der Waals surface area (Å²) in [6.07, 6.45) is 0.606. The first-order valence-electron chi connectivity index (χ1n) is 5.30. The van der Waals surface area contributed by atoms with Crippen molar-refractivity contribution >= 4 is 5.97 Å². The van der Waals surface area contributed by atoms with Gasteiger partial charge in [0.1, 0.15) is 5.75 Å². The number of carbonyl (C=O) groups is 1. The minimum atomic E-state index is -0.741. The lowest BCUT2D eigenvalue weighted by molar-refractivity contribution is -0.141. The lowest BCUT2D eigenvalue weighted by Gasteiger charge is -2.19. The minimum Gasteiger partial charge on any atom is -0.508 e. The highest BCUT2D eigenvalue weighted by Crippen LogP contribution is 2.35. The zero-order chi connectivity index (χ0) is 11.7. The van der Waals surface area contributed by atoms with Crippen LogP contribution in [0.5, 0.6) is 5.75 Å². The van der Waals surface area contributed by atoms with Crippen LogP contribution in [-0.4, -0.2) is 34.7 Å². The number of phenolic OH excluding ortho intramolecular Hbond substituents is 1. The molecule has 1 aliphatic heterocycles. The Kier molecular flexibility index (Phi) is 2.83. The fourth-order valence-corrected chi connectivity index (χ4v) is 2.30. The summed E-state index contributed by atoms with van der Waals surface area (Å²) in [6, 6.07) is 7.11. The van der Waals surface area contributed by atoms with Crippen molar-refractivity contribution in [2.45, 2.75) is 12.5 Å². The second kappa shape index (κ2) is 4.14. The molecule has 1 aromatic rings. The van der Waals surface area contributed by atoms with Gasteiger partial charge in [-0.05, 0) is 31.2 Å². The maximum Gasteiger partial charge on any atom is 0.307 e. The number of aromatic hydroxyl groups is 1. The van der Waals surface area contributed by atoms with Crippen LogP contribution in [0.4, 0.5) is 0 Å². The van der Waals surface area contributed by atoms with Crippen molar-refractivity contribution < 1.29 is 15.0 Å². The fourth-order valence-electron chi connectivity index (χ4n) is 2.30. The number of phenols is 1. The van der Waals surface area contributed by atoms with Gasteiger partial charge in [0.05, 0.1) is 5.92 Å². The molecule has 1 heterocycles. The molecule has 2 atom stereocenters. The van der Waals surface area contributed by atoms with Gasteiger partial charge in [-0.1, -0.05) is 12.1 Å². The molecule has 2 N–H and O–H groups in total. The molecule has 0 spiro atoms. The molecule has 0 aromatic heterocycles. The summed E-state index contributed by atoms with van der Waals surface area (Å²) >= 11 is 0. The molecule has 0 saturated carbocycles. The Bertz CT molecular complexity index is 405. The van der Waals surface area contributed by atoms with Crippen molar-refractivity contribution in [3.05, 3.63) is 29.8 Å². The molecular formula is C12H15NO3. The van der Waals surface area contributed by atoms with Crippen LogP contribution < -0.4 is 0 Å². The molecule has 2 rings (SSSR count). The first kappa shape index (κ1) is 11.0. The number of rotatable bonds is 2. The first-order chi connectivity index (χ1) is 7.58. The van der Waals surface area contributed by atoms with Crippen LogP contribution in [0.2, 0.25) is 0 Å². The number of nitrogens with zero attached hydrogens (tertiary/aromatic N) is 1. The summed E-state index contributed by atoms with van der Waals surface area (Å²) in [5.41, 5.74) is 0.978. The standard InChI is InChI=1S/C12H15NO3/c1-13-7-9(12(15)16)6-11(13)8-3-2-4-10(14)5-8/h2-5,9,11,14H,6-7H2,1H3,(H,15,16). The van der Waals surface area contributed by atoms with Crippen LogP contribution in [0.3, 0.4) is 0 Å². The Morgan fingerprint density at radius 3 is 2.81 bits per heavy atom. The highest BCUT2D eigenvalue weighted by Gasteiger charge is 2.34. The van der Waals surface area contributed by atoms with E-state index in [9.17, 15) is 9.90 Å². The predicted octanol–water partition coefficient (Wildman–Crippen LogP) is 1.47. The SMILES string of the molecule is CN1CC(C(=O)O)CC1c1cccc(O)c1. The largest absolute Gasteiger partial charge is 0.508 e. The maximum atomic E-state index is 10.9. The molecule has 0 amide bonds. The molecule has 1 aliphatic rings. The molecule has 0 bridgehead atoms. The third-order valence-electron chi connectivity index (χ3n) is 3.15. The van der Waals surface area contributed by atoms with Gasteiger partial charge in [-0.3, -0.25) is 9.69 Å². The average Bonchev–Trinajstić information content (AvgIpc) is 2.60. The van der Waals surface area contributed by atoms with Gasteiger partial charge in [0.25, 0.3) is 0 Å². The van der Waals surface area contributed by atoms with Gasteiger partial charge in [-0.15, -0.1) is 0 Å². The van der Waals surface area contributed by atoms with Gasteiger partial charge in [-0.2, -0.15) is 0 Å². The topological polar surface area (TPSA) is 60.8 Å². The Hall–Kier alpha value is -1.55. The number of hydrogen-bond donors (Lipinski definition) is 2. The normalized spacial score (nSPS) is 25.8. The van der Waals surface area contributed by atoms with E-state index in [2.05, 4.69) is 0 Å². The zero-order valence-electron chi connectivity index (χ0n) is 9.13. The number of carboxylic acids is 1. The van der Waals surface area contributed by atoms with Gasteiger partial charge in [0.15, 0.2) is 0 Å². The lowest BCUT2D eigenvalue weighted by atomic mass is 10.00. The molecule has 1 aromatic carbocycles. The van der Waals surface area contributed by atoms with Gasteiger partial charge in [0, 0.05) is 12.6 Å². The molecule has 0 aliphatic carbocycles. The molecule has 4 heteroatoms. The first-order valence-corrected chi connectivity index (χ1v) is 5.30. The highest BCUT2D eigenvalue weighted by atomic mass is 16.4. The van der Waals surface area contributed by atoms with Crippen molar-refractivity contribution in [3.8, 4) is 5.75 Å². The molecule has 0 radical (unpaired) electrons.